The van der Waals surface area contributed by atoms with Crippen molar-refractivity contribution in [3.8, 4) is 0 Å². The monoisotopic (exact) mass is 250 g/mol. The lowest BCUT2D eigenvalue weighted by Gasteiger charge is -2.14. The minimum atomic E-state index is 0.217. The molecule has 0 N–H and O–H groups in total. The molecule has 0 aliphatic heterocycles. The van der Waals surface area contributed by atoms with Crippen LogP contribution in [-0.4, -0.2) is 5.78 Å². The molecule has 0 bridgehead atoms. The molecule has 1 aliphatic rings. The molecule has 0 amide bonds. The molecule has 1 fully saturated rings. The van der Waals surface area contributed by atoms with Gasteiger partial charge in [-0.05, 0) is 37.5 Å². The van der Waals surface area contributed by atoms with E-state index in [1.807, 2.05) is 25.1 Å². The topological polar surface area (TPSA) is 17.1 Å². The average Bonchev–Trinajstić information content (AvgIpc) is 2.60. The van der Waals surface area contributed by atoms with Crippen molar-refractivity contribution < 1.29 is 4.79 Å². The summed E-state index contributed by atoms with van der Waals surface area (Å²) in [5, 5.41) is 0.660. The van der Waals surface area contributed by atoms with E-state index < -0.39 is 0 Å². The number of benzene rings is 1. The third kappa shape index (κ3) is 3.10. The van der Waals surface area contributed by atoms with Crippen LogP contribution in [0.5, 0.6) is 0 Å². The van der Waals surface area contributed by atoms with Crippen molar-refractivity contribution in [3.63, 3.8) is 0 Å². The number of hydrogen-bond acceptors (Lipinski definition) is 1. The van der Waals surface area contributed by atoms with Crippen LogP contribution in [0.3, 0.4) is 0 Å². The second-order valence-electron chi connectivity index (χ2n) is 5.01. The Bertz CT molecular complexity index is 403. The smallest absolute Gasteiger partial charge is 0.166 e. The summed E-state index contributed by atoms with van der Waals surface area (Å²) >= 11 is 5.98. The van der Waals surface area contributed by atoms with Crippen molar-refractivity contribution in [3.05, 3.63) is 34.3 Å². The predicted octanol–water partition coefficient (Wildman–Crippen LogP) is 4.80. The van der Waals surface area contributed by atoms with Gasteiger partial charge in [0.2, 0.25) is 0 Å². The molecule has 0 aromatic heterocycles. The Morgan fingerprint density at radius 1 is 1.18 bits per heavy atom. The van der Waals surface area contributed by atoms with Gasteiger partial charge in [0.25, 0.3) is 0 Å². The summed E-state index contributed by atoms with van der Waals surface area (Å²) in [5.74, 6) is 0.515. The summed E-state index contributed by atoms with van der Waals surface area (Å²) < 4.78 is 0. The zero-order valence-corrected chi connectivity index (χ0v) is 11.1. The van der Waals surface area contributed by atoms with E-state index in [1.165, 1.54) is 25.7 Å². The Kier molecular flexibility index (Phi) is 4.22. The Balaban J connectivity index is 2.20. The lowest BCUT2D eigenvalue weighted by atomic mass is 9.89. The zero-order valence-electron chi connectivity index (χ0n) is 10.3. The lowest BCUT2D eigenvalue weighted by molar-refractivity contribution is 0.0907. The number of aryl methyl sites for hydroxylation is 1. The van der Waals surface area contributed by atoms with Gasteiger partial charge in [-0.15, -0.1) is 0 Å². The SMILES string of the molecule is Cc1ccc(Cl)cc1C(=O)C1CCCCCC1. The van der Waals surface area contributed by atoms with E-state index in [1.54, 1.807) is 0 Å². The van der Waals surface area contributed by atoms with Gasteiger partial charge in [0.15, 0.2) is 5.78 Å². The normalized spacial score (nSPS) is 17.8. The molecule has 1 aromatic rings. The Morgan fingerprint density at radius 3 is 2.47 bits per heavy atom. The van der Waals surface area contributed by atoms with Crippen LogP contribution in [0, 0.1) is 12.8 Å². The molecule has 1 saturated carbocycles. The van der Waals surface area contributed by atoms with E-state index in [2.05, 4.69) is 0 Å². The van der Waals surface area contributed by atoms with Crippen molar-refractivity contribution >= 4 is 17.4 Å². The molecule has 0 spiro atoms. The molecule has 2 rings (SSSR count). The van der Waals surface area contributed by atoms with Crippen LogP contribution in [0.4, 0.5) is 0 Å². The van der Waals surface area contributed by atoms with Gasteiger partial charge >= 0.3 is 0 Å². The number of carbonyl (C=O) groups excluding carboxylic acids is 1. The quantitative estimate of drug-likeness (QED) is 0.544. The molecule has 0 unspecified atom stereocenters. The standard InChI is InChI=1S/C15H19ClO/c1-11-8-9-13(16)10-14(11)15(17)12-6-4-2-3-5-7-12/h8-10,12H,2-7H2,1H3. The largest absolute Gasteiger partial charge is 0.294 e. The minimum Gasteiger partial charge on any atom is -0.294 e. The summed E-state index contributed by atoms with van der Waals surface area (Å²) in [6.07, 6.45) is 7.03. The van der Waals surface area contributed by atoms with Crippen LogP contribution in [0.1, 0.15) is 54.4 Å². The first-order valence-corrected chi connectivity index (χ1v) is 6.86. The highest BCUT2D eigenvalue weighted by atomic mass is 35.5. The maximum atomic E-state index is 12.5. The predicted molar refractivity (Wildman–Crippen MR) is 71.7 cm³/mol. The molecule has 2 heteroatoms. The number of rotatable bonds is 2. The Morgan fingerprint density at radius 2 is 1.82 bits per heavy atom. The molecule has 92 valence electrons. The third-order valence-corrected chi connectivity index (χ3v) is 3.93. The van der Waals surface area contributed by atoms with E-state index in [-0.39, 0.29) is 5.92 Å². The number of Topliss-reactive ketones (excluding diaryl/α,β-unsaturated/α-hetero) is 1. The molecule has 0 heterocycles. The fraction of sp³-hybridized carbons (Fsp3) is 0.533. The van der Waals surface area contributed by atoms with E-state index in [9.17, 15) is 4.79 Å². The van der Waals surface area contributed by atoms with Gasteiger partial charge in [0.05, 0.1) is 0 Å². The minimum absolute atomic E-state index is 0.217. The Labute approximate surface area is 108 Å². The maximum Gasteiger partial charge on any atom is 0.166 e. The van der Waals surface area contributed by atoms with Crippen molar-refractivity contribution in [1.29, 1.82) is 0 Å². The van der Waals surface area contributed by atoms with E-state index >= 15 is 0 Å². The second-order valence-corrected chi connectivity index (χ2v) is 5.45. The van der Waals surface area contributed by atoms with Crippen LogP contribution in [0.25, 0.3) is 0 Å². The van der Waals surface area contributed by atoms with Gasteiger partial charge in [-0.25, -0.2) is 0 Å². The van der Waals surface area contributed by atoms with Gasteiger partial charge in [0, 0.05) is 16.5 Å². The maximum absolute atomic E-state index is 12.5. The van der Waals surface area contributed by atoms with Gasteiger partial charge in [-0.2, -0.15) is 0 Å². The second kappa shape index (κ2) is 5.68. The molecule has 1 nitrogen and oxygen atoms in total. The number of ketones is 1. The third-order valence-electron chi connectivity index (χ3n) is 3.69. The highest BCUT2D eigenvalue weighted by molar-refractivity contribution is 6.31. The molecule has 0 saturated heterocycles. The van der Waals surface area contributed by atoms with Crippen molar-refractivity contribution in [1.82, 2.24) is 0 Å². The molecule has 1 aliphatic carbocycles. The number of halogens is 1. The lowest BCUT2D eigenvalue weighted by Crippen LogP contribution is -2.15. The molecular weight excluding hydrogens is 232 g/mol. The highest BCUT2D eigenvalue weighted by Crippen LogP contribution is 2.28. The number of carbonyl (C=O) groups is 1. The van der Waals surface area contributed by atoms with Gasteiger partial charge in [0.1, 0.15) is 0 Å². The Hall–Kier alpha value is -0.820. The first kappa shape index (κ1) is 12.6. The van der Waals surface area contributed by atoms with E-state index in [0.29, 0.717) is 10.8 Å². The van der Waals surface area contributed by atoms with Crippen molar-refractivity contribution in [2.75, 3.05) is 0 Å². The molecule has 1 aromatic carbocycles. The average molecular weight is 251 g/mol. The summed E-state index contributed by atoms with van der Waals surface area (Å²) in [4.78, 5) is 12.5. The van der Waals surface area contributed by atoms with E-state index in [4.69, 9.17) is 11.6 Å². The van der Waals surface area contributed by atoms with Crippen LogP contribution >= 0.6 is 11.6 Å². The highest BCUT2D eigenvalue weighted by Gasteiger charge is 2.22. The summed E-state index contributed by atoms with van der Waals surface area (Å²) in [5.41, 5.74) is 1.87. The van der Waals surface area contributed by atoms with Gasteiger partial charge < -0.3 is 0 Å². The zero-order chi connectivity index (χ0) is 12.3. The first-order chi connectivity index (χ1) is 8.18. The van der Waals surface area contributed by atoms with Crippen LogP contribution in [0.15, 0.2) is 18.2 Å². The van der Waals surface area contributed by atoms with Gasteiger partial charge in [-0.1, -0.05) is 43.4 Å². The van der Waals surface area contributed by atoms with E-state index in [0.717, 1.165) is 24.0 Å². The summed E-state index contributed by atoms with van der Waals surface area (Å²) in [7, 11) is 0. The molecule has 17 heavy (non-hydrogen) atoms. The van der Waals surface area contributed by atoms with Gasteiger partial charge in [-0.3, -0.25) is 4.79 Å². The summed E-state index contributed by atoms with van der Waals surface area (Å²) in [6.45, 7) is 1.99. The fourth-order valence-corrected chi connectivity index (χ4v) is 2.79. The van der Waals surface area contributed by atoms with Crippen molar-refractivity contribution in [2.45, 2.75) is 45.4 Å². The molecule has 0 radical (unpaired) electrons. The van der Waals surface area contributed by atoms with Crippen LogP contribution < -0.4 is 0 Å². The number of hydrogen-bond donors (Lipinski definition) is 0. The van der Waals surface area contributed by atoms with Crippen LogP contribution in [0.2, 0.25) is 5.02 Å². The van der Waals surface area contributed by atoms with Crippen LogP contribution in [-0.2, 0) is 0 Å². The fourth-order valence-electron chi connectivity index (χ4n) is 2.62. The summed E-state index contributed by atoms with van der Waals surface area (Å²) in [6, 6.07) is 5.61. The first-order valence-electron chi connectivity index (χ1n) is 6.49. The molecule has 0 atom stereocenters. The molecular formula is C15H19ClO. The van der Waals surface area contributed by atoms with Crippen molar-refractivity contribution in [2.24, 2.45) is 5.92 Å².